The number of aryl methyl sites for hydroxylation is 1. The number of hydrogen-bond acceptors (Lipinski definition) is 3. The number of fused-ring (bicyclic) bond motifs is 1. The Kier molecular flexibility index (Phi) is 3.57. The van der Waals surface area contributed by atoms with Crippen LogP contribution in [-0.4, -0.2) is 18.2 Å². The van der Waals surface area contributed by atoms with E-state index in [4.69, 9.17) is 4.42 Å². The number of hydrogen-bond donors (Lipinski definition) is 1. The molecule has 4 nitrogen and oxygen atoms in total. The van der Waals surface area contributed by atoms with Crippen molar-refractivity contribution in [3.05, 3.63) is 34.3 Å². The monoisotopic (exact) mass is 248 g/mol. The van der Waals surface area contributed by atoms with Gasteiger partial charge >= 0.3 is 5.76 Å². The molecule has 0 spiro atoms. The van der Waals surface area contributed by atoms with E-state index in [0.717, 1.165) is 12.1 Å². The minimum Gasteiger partial charge on any atom is -0.408 e. The molecule has 2 rings (SSSR count). The Morgan fingerprint density at radius 2 is 2.11 bits per heavy atom. The molecule has 1 unspecified atom stereocenters. The number of rotatable bonds is 4. The largest absolute Gasteiger partial charge is 0.419 e. The van der Waals surface area contributed by atoms with Gasteiger partial charge in [-0.2, -0.15) is 0 Å². The summed E-state index contributed by atoms with van der Waals surface area (Å²) in [6.45, 7) is 5.32. The minimum atomic E-state index is -0.308. The molecule has 1 aromatic heterocycles. The summed E-state index contributed by atoms with van der Waals surface area (Å²) in [5.41, 5.74) is 2.72. The van der Waals surface area contributed by atoms with Crippen LogP contribution in [0.3, 0.4) is 0 Å². The molecular formula is C14H20N2O2. The zero-order chi connectivity index (χ0) is 13.3. The van der Waals surface area contributed by atoms with Crippen molar-refractivity contribution in [2.45, 2.75) is 19.8 Å². The summed E-state index contributed by atoms with van der Waals surface area (Å²) < 4.78 is 6.76. The Bertz CT molecular complexity index is 595. The lowest BCUT2D eigenvalue weighted by molar-refractivity contribution is 0.477. The molecule has 0 amide bonds. The maximum atomic E-state index is 11.5. The predicted octanol–water partition coefficient (Wildman–Crippen LogP) is 2.09. The maximum Gasteiger partial charge on any atom is 0.419 e. The number of nitrogens with one attached hydrogen (secondary N) is 1. The fourth-order valence-electron chi connectivity index (χ4n) is 2.34. The van der Waals surface area contributed by atoms with E-state index >= 15 is 0 Å². The van der Waals surface area contributed by atoms with E-state index in [2.05, 4.69) is 25.2 Å². The molecule has 98 valence electrons. The number of aromatic nitrogens is 1. The van der Waals surface area contributed by atoms with E-state index in [0.29, 0.717) is 17.4 Å². The molecule has 0 saturated heterocycles. The van der Waals surface area contributed by atoms with Gasteiger partial charge in [-0.3, -0.25) is 4.57 Å². The van der Waals surface area contributed by atoms with E-state index in [-0.39, 0.29) is 5.76 Å². The summed E-state index contributed by atoms with van der Waals surface area (Å²) in [4.78, 5) is 11.5. The first-order valence-electron chi connectivity index (χ1n) is 6.28. The van der Waals surface area contributed by atoms with Crippen LogP contribution in [-0.2, 0) is 7.05 Å². The van der Waals surface area contributed by atoms with Gasteiger partial charge in [0.05, 0.1) is 5.52 Å². The highest BCUT2D eigenvalue weighted by molar-refractivity contribution is 5.73. The highest BCUT2D eigenvalue weighted by atomic mass is 16.4. The molecule has 0 aliphatic heterocycles. The van der Waals surface area contributed by atoms with Gasteiger partial charge in [-0.15, -0.1) is 0 Å². The van der Waals surface area contributed by atoms with Crippen LogP contribution >= 0.6 is 0 Å². The molecule has 1 heterocycles. The average Bonchev–Trinajstić information content (AvgIpc) is 2.61. The van der Waals surface area contributed by atoms with Crippen molar-refractivity contribution in [3.8, 4) is 0 Å². The molecule has 0 aliphatic rings. The second-order valence-corrected chi connectivity index (χ2v) is 5.06. The Morgan fingerprint density at radius 1 is 1.39 bits per heavy atom. The molecule has 0 aliphatic carbocycles. The van der Waals surface area contributed by atoms with Crippen LogP contribution < -0.4 is 11.1 Å². The van der Waals surface area contributed by atoms with Gasteiger partial charge in [0.2, 0.25) is 0 Å². The summed E-state index contributed by atoms with van der Waals surface area (Å²) in [6, 6.07) is 6.03. The van der Waals surface area contributed by atoms with Crippen LogP contribution in [0.5, 0.6) is 0 Å². The standard InChI is InChI=1S/C14H20N2O2/c1-9(2)11(8-15-3)10-5-6-12-13(7-10)18-14(17)16(12)4/h5-7,9,11,15H,8H2,1-4H3. The lowest BCUT2D eigenvalue weighted by Crippen LogP contribution is -2.21. The fraction of sp³-hybridized carbons (Fsp3) is 0.500. The third kappa shape index (κ3) is 2.20. The lowest BCUT2D eigenvalue weighted by atomic mass is 9.88. The van der Waals surface area contributed by atoms with E-state index in [9.17, 15) is 4.79 Å². The van der Waals surface area contributed by atoms with Crippen molar-refractivity contribution in [3.63, 3.8) is 0 Å². The van der Waals surface area contributed by atoms with E-state index in [1.54, 1.807) is 7.05 Å². The normalized spacial score (nSPS) is 13.4. The first kappa shape index (κ1) is 12.9. The van der Waals surface area contributed by atoms with Gasteiger partial charge in [0.1, 0.15) is 0 Å². The number of nitrogens with zero attached hydrogens (tertiary/aromatic N) is 1. The zero-order valence-corrected chi connectivity index (χ0v) is 11.4. The predicted molar refractivity (Wildman–Crippen MR) is 73.0 cm³/mol. The summed E-state index contributed by atoms with van der Waals surface area (Å²) in [5.74, 6) is 0.645. The van der Waals surface area contributed by atoms with Gasteiger partial charge in [0, 0.05) is 13.6 Å². The van der Waals surface area contributed by atoms with Crippen LogP contribution in [0.15, 0.2) is 27.4 Å². The second-order valence-electron chi connectivity index (χ2n) is 5.06. The molecule has 0 fully saturated rings. The Morgan fingerprint density at radius 3 is 2.72 bits per heavy atom. The smallest absolute Gasteiger partial charge is 0.408 e. The van der Waals surface area contributed by atoms with E-state index in [1.807, 2.05) is 19.2 Å². The van der Waals surface area contributed by atoms with Crippen molar-refractivity contribution >= 4 is 11.1 Å². The molecule has 0 radical (unpaired) electrons. The molecule has 1 N–H and O–H groups in total. The third-order valence-electron chi connectivity index (χ3n) is 3.47. The fourth-order valence-corrected chi connectivity index (χ4v) is 2.34. The molecule has 0 saturated carbocycles. The van der Waals surface area contributed by atoms with Crippen molar-refractivity contribution in [1.82, 2.24) is 9.88 Å². The van der Waals surface area contributed by atoms with Gasteiger partial charge < -0.3 is 9.73 Å². The summed E-state index contributed by atoms with van der Waals surface area (Å²) in [7, 11) is 3.68. The third-order valence-corrected chi connectivity index (χ3v) is 3.47. The Hall–Kier alpha value is -1.55. The Balaban J connectivity index is 2.48. The minimum absolute atomic E-state index is 0.308. The van der Waals surface area contributed by atoms with Gasteiger partial charge in [0.25, 0.3) is 0 Å². The van der Waals surface area contributed by atoms with Gasteiger partial charge in [-0.05, 0) is 36.6 Å². The van der Waals surface area contributed by atoms with Crippen LogP contribution in [0.25, 0.3) is 11.1 Å². The van der Waals surface area contributed by atoms with E-state index in [1.165, 1.54) is 10.1 Å². The molecule has 1 aromatic carbocycles. The second kappa shape index (κ2) is 4.98. The molecule has 1 atom stereocenters. The topological polar surface area (TPSA) is 47.2 Å². The highest BCUT2D eigenvalue weighted by Crippen LogP contribution is 2.26. The van der Waals surface area contributed by atoms with Gasteiger partial charge in [-0.1, -0.05) is 19.9 Å². The summed E-state index contributed by atoms with van der Waals surface area (Å²) in [5, 5.41) is 3.21. The molecule has 0 bridgehead atoms. The first-order chi connectivity index (χ1) is 8.54. The van der Waals surface area contributed by atoms with Gasteiger partial charge in [-0.25, -0.2) is 4.79 Å². The van der Waals surface area contributed by atoms with E-state index < -0.39 is 0 Å². The highest BCUT2D eigenvalue weighted by Gasteiger charge is 2.16. The van der Waals surface area contributed by atoms with Crippen LogP contribution in [0.4, 0.5) is 0 Å². The summed E-state index contributed by atoms with van der Waals surface area (Å²) >= 11 is 0. The van der Waals surface area contributed by atoms with Crippen molar-refractivity contribution in [2.75, 3.05) is 13.6 Å². The SMILES string of the molecule is CNCC(c1ccc2c(c1)oc(=O)n2C)C(C)C. The molecular weight excluding hydrogens is 228 g/mol. The quantitative estimate of drug-likeness (QED) is 0.901. The van der Waals surface area contributed by atoms with Crippen LogP contribution in [0.1, 0.15) is 25.3 Å². The average molecular weight is 248 g/mol. The number of oxazole rings is 1. The Labute approximate surface area is 107 Å². The lowest BCUT2D eigenvalue weighted by Gasteiger charge is -2.20. The van der Waals surface area contributed by atoms with Crippen LogP contribution in [0.2, 0.25) is 0 Å². The van der Waals surface area contributed by atoms with Gasteiger partial charge in [0.15, 0.2) is 5.58 Å². The first-order valence-corrected chi connectivity index (χ1v) is 6.28. The zero-order valence-electron chi connectivity index (χ0n) is 11.4. The van der Waals surface area contributed by atoms with Crippen molar-refractivity contribution in [1.29, 1.82) is 0 Å². The van der Waals surface area contributed by atoms with Crippen molar-refractivity contribution in [2.24, 2.45) is 13.0 Å². The maximum absolute atomic E-state index is 11.5. The molecule has 4 heteroatoms. The summed E-state index contributed by atoms with van der Waals surface area (Å²) in [6.07, 6.45) is 0. The van der Waals surface area contributed by atoms with Crippen molar-refractivity contribution < 1.29 is 4.42 Å². The number of likely N-dealkylation sites (N-methyl/N-ethyl adjacent to an activating group) is 1. The molecule has 18 heavy (non-hydrogen) atoms. The molecule has 2 aromatic rings. The number of benzene rings is 1. The van der Waals surface area contributed by atoms with Crippen LogP contribution in [0, 0.1) is 5.92 Å².